The highest BCUT2D eigenvalue weighted by molar-refractivity contribution is 6.11. The molecule has 0 aromatic rings. The zero-order chi connectivity index (χ0) is 8.43. The molecule has 1 aliphatic heterocycles. The number of aliphatic hydroxyl groups excluding tert-OH is 1. The van der Waals surface area contributed by atoms with Gasteiger partial charge in [0.25, 0.3) is 0 Å². The van der Waals surface area contributed by atoms with Crippen molar-refractivity contribution in [3.63, 3.8) is 0 Å². The standard InChI is InChI=1S/C7H6O4/c1-2-3-4-5(8)7(10)11-6(4)9/h2,8H,1,3H2. The Morgan fingerprint density at radius 2 is 2.09 bits per heavy atom. The summed E-state index contributed by atoms with van der Waals surface area (Å²) >= 11 is 0. The predicted molar refractivity (Wildman–Crippen MR) is 35.6 cm³/mol. The Morgan fingerprint density at radius 1 is 1.45 bits per heavy atom. The zero-order valence-corrected chi connectivity index (χ0v) is 5.66. The number of carbonyl (C=O) groups excluding carboxylic acids is 2. The van der Waals surface area contributed by atoms with Gasteiger partial charge in [0, 0.05) is 6.42 Å². The fourth-order valence-electron chi connectivity index (χ4n) is 0.738. The molecule has 11 heavy (non-hydrogen) atoms. The summed E-state index contributed by atoms with van der Waals surface area (Å²) in [7, 11) is 0. The normalized spacial score (nSPS) is 17.1. The van der Waals surface area contributed by atoms with E-state index in [0.29, 0.717) is 0 Å². The van der Waals surface area contributed by atoms with Gasteiger partial charge < -0.3 is 9.84 Å². The van der Waals surface area contributed by atoms with Gasteiger partial charge in [-0.3, -0.25) is 0 Å². The van der Waals surface area contributed by atoms with Crippen molar-refractivity contribution in [3.05, 3.63) is 24.0 Å². The largest absolute Gasteiger partial charge is 0.501 e. The van der Waals surface area contributed by atoms with Gasteiger partial charge >= 0.3 is 11.9 Å². The Kier molecular flexibility index (Phi) is 1.76. The number of allylic oxidation sites excluding steroid dienone is 1. The second-order valence-electron chi connectivity index (χ2n) is 2.00. The fourth-order valence-corrected chi connectivity index (χ4v) is 0.738. The summed E-state index contributed by atoms with van der Waals surface area (Å²) in [6, 6.07) is 0. The van der Waals surface area contributed by atoms with Crippen molar-refractivity contribution in [2.75, 3.05) is 0 Å². The lowest BCUT2D eigenvalue weighted by atomic mass is 10.2. The molecule has 0 amide bonds. The third kappa shape index (κ3) is 1.14. The highest BCUT2D eigenvalue weighted by Gasteiger charge is 2.31. The Bertz CT molecular complexity index is 262. The molecule has 4 nitrogen and oxygen atoms in total. The summed E-state index contributed by atoms with van der Waals surface area (Å²) in [5.74, 6) is -2.37. The van der Waals surface area contributed by atoms with E-state index >= 15 is 0 Å². The van der Waals surface area contributed by atoms with Crippen LogP contribution in [0.1, 0.15) is 6.42 Å². The lowest BCUT2D eigenvalue weighted by Crippen LogP contribution is -2.01. The Labute approximate surface area is 62.8 Å². The molecule has 0 aromatic carbocycles. The van der Waals surface area contributed by atoms with Gasteiger partial charge in [0.1, 0.15) is 0 Å². The molecule has 4 heteroatoms. The average Bonchev–Trinajstić information content (AvgIpc) is 2.17. The summed E-state index contributed by atoms with van der Waals surface area (Å²) < 4.78 is 4.09. The van der Waals surface area contributed by atoms with Crippen molar-refractivity contribution >= 4 is 11.9 Å². The molecule has 1 heterocycles. The number of esters is 2. The molecule has 0 saturated carbocycles. The Balaban J connectivity index is 2.96. The van der Waals surface area contributed by atoms with Gasteiger partial charge in [-0.15, -0.1) is 6.58 Å². The molecule has 0 spiro atoms. The van der Waals surface area contributed by atoms with Gasteiger partial charge in [-0.05, 0) is 0 Å². The highest BCUT2D eigenvalue weighted by atomic mass is 16.6. The molecule has 0 aliphatic carbocycles. The van der Waals surface area contributed by atoms with E-state index in [1.165, 1.54) is 6.08 Å². The monoisotopic (exact) mass is 154 g/mol. The quantitative estimate of drug-likeness (QED) is 0.356. The maximum Gasteiger partial charge on any atom is 0.381 e. The second kappa shape index (κ2) is 2.57. The number of hydrogen-bond acceptors (Lipinski definition) is 4. The maximum atomic E-state index is 10.7. The lowest BCUT2D eigenvalue weighted by Gasteiger charge is -1.88. The predicted octanol–water partition coefficient (Wildman–Crippen LogP) is 0.458. The van der Waals surface area contributed by atoms with E-state index in [4.69, 9.17) is 5.11 Å². The molecule has 1 rings (SSSR count). The van der Waals surface area contributed by atoms with Gasteiger partial charge in [0.05, 0.1) is 5.57 Å². The van der Waals surface area contributed by atoms with Crippen LogP contribution in [0.4, 0.5) is 0 Å². The van der Waals surface area contributed by atoms with Crippen molar-refractivity contribution in [2.24, 2.45) is 0 Å². The molecular formula is C7H6O4. The summed E-state index contributed by atoms with van der Waals surface area (Å²) in [5.41, 5.74) is -0.0231. The van der Waals surface area contributed by atoms with Crippen LogP contribution in [0, 0.1) is 0 Å². The molecule has 0 aromatic heterocycles. The van der Waals surface area contributed by atoms with Crippen molar-refractivity contribution in [1.82, 2.24) is 0 Å². The number of carbonyl (C=O) groups is 2. The van der Waals surface area contributed by atoms with Crippen LogP contribution in [0.5, 0.6) is 0 Å². The van der Waals surface area contributed by atoms with E-state index in [9.17, 15) is 9.59 Å². The van der Waals surface area contributed by atoms with E-state index < -0.39 is 17.7 Å². The number of cyclic esters (lactones) is 2. The number of hydrogen-bond donors (Lipinski definition) is 1. The van der Waals surface area contributed by atoms with E-state index in [1.54, 1.807) is 0 Å². The highest BCUT2D eigenvalue weighted by Crippen LogP contribution is 2.17. The molecule has 1 aliphatic rings. The van der Waals surface area contributed by atoms with Crippen LogP contribution in [-0.2, 0) is 14.3 Å². The lowest BCUT2D eigenvalue weighted by molar-refractivity contribution is -0.152. The minimum absolute atomic E-state index is 0.0231. The Morgan fingerprint density at radius 3 is 2.45 bits per heavy atom. The average molecular weight is 154 g/mol. The smallest absolute Gasteiger partial charge is 0.381 e. The molecule has 1 N–H and O–H groups in total. The van der Waals surface area contributed by atoms with E-state index in [1.807, 2.05) is 0 Å². The van der Waals surface area contributed by atoms with E-state index in [2.05, 4.69) is 11.3 Å². The second-order valence-corrected chi connectivity index (χ2v) is 2.00. The molecule has 0 fully saturated rings. The van der Waals surface area contributed by atoms with Gasteiger partial charge in [-0.1, -0.05) is 6.08 Å². The SMILES string of the molecule is C=CCC1=C(O)C(=O)OC1=O. The minimum atomic E-state index is -0.980. The topological polar surface area (TPSA) is 63.6 Å². The number of ether oxygens (including phenoxy) is 1. The number of aliphatic hydroxyl groups is 1. The summed E-state index contributed by atoms with van der Waals surface area (Å²) in [6.45, 7) is 3.35. The van der Waals surface area contributed by atoms with Crippen molar-refractivity contribution in [3.8, 4) is 0 Å². The molecule has 58 valence electrons. The van der Waals surface area contributed by atoms with Crippen molar-refractivity contribution in [2.45, 2.75) is 6.42 Å². The van der Waals surface area contributed by atoms with Crippen LogP contribution in [-0.4, -0.2) is 17.0 Å². The summed E-state index contributed by atoms with van der Waals surface area (Å²) in [4.78, 5) is 21.2. The molecular weight excluding hydrogens is 148 g/mol. The van der Waals surface area contributed by atoms with Crippen LogP contribution in [0.3, 0.4) is 0 Å². The first kappa shape index (κ1) is 7.53. The van der Waals surface area contributed by atoms with Crippen molar-refractivity contribution < 1.29 is 19.4 Å². The summed E-state index contributed by atoms with van der Waals surface area (Å²) in [5, 5.41) is 8.90. The number of rotatable bonds is 2. The molecule has 0 atom stereocenters. The van der Waals surface area contributed by atoms with Crippen molar-refractivity contribution in [1.29, 1.82) is 0 Å². The first-order valence-electron chi connectivity index (χ1n) is 2.96. The van der Waals surface area contributed by atoms with Crippen LogP contribution in [0.15, 0.2) is 24.0 Å². The van der Waals surface area contributed by atoms with Gasteiger partial charge in [-0.25, -0.2) is 9.59 Å². The van der Waals surface area contributed by atoms with E-state index in [0.717, 1.165) is 0 Å². The molecule has 0 saturated heterocycles. The Hall–Kier alpha value is -1.58. The van der Waals surface area contributed by atoms with Crippen LogP contribution in [0.2, 0.25) is 0 Å². The minimum Gasteiger partial charge on any atom is -0.501 e. The third-order valence-electron chi connectivity index (χ3n) is 1.26. The maximum absolute atomic E-state index is 10.7. The van der Waals surface area contributed by atoms with Gasteiger partial charge in [0.15, 0.2) is 0 Å². The van der Waals surface area contributed by atoms with Gasteiger partial charge in [-0.2, -0.15) is 0 Å². The molecule has 0 bridgehead atoms. The van der Waals surface area contributed by atoms with Crippen LogP contribution < -0.4 is 0 Å². The summed E-state index contributed by atoms with van der Waals surface area (Å²) in [6.07, 6.45) is 1.56. The first-order valence-corrected chi connectivity index (χ1v) is 2.96. The van der Waals surface area contributed by atoms with Crippen LogP contribution >= 0.6 is 0 Å². The zero-order valence-electron chi connectivity index (χ0n) is 5.66. The van der Waals surface area contributed by atoms with Gasteiger partial charge in [0.2, 0.25) is 5.76 Å². The fraction of sp³-hybridized carbons (Fsp3) is 0.143. The van der Waals surface area contributed by atoms with E-state index in [-0.39, 0.29) is 12.0 Å². The third-order valence-corrected chi connectivity index (χ3v) is 1.26. The van der Waals surface area contributed by atoms with Crippen LogP contribution in [0.25, 0.3) is 0 Å². The molecule has 0 radical (unpaired) electrons. The first-order chi connectivity index (χ1) is 5.16. The molecule has 0 unspecified atom stereocenters.